The average molecular weight is 264 g/mol. The molecule has 0 aliphatic carbocycles. The molecule has 0 bridgehead atoms. The molecule has 0 aromatic carbocycles. The van der Waals surface area contributed by atoms with Gasteiger partial charge in [-0.05, 0) is 46.5 Å². The highest BCUT2D eigenvalue weighted by Gasteiger charge is 2.16. The van der Waals surface area contributed by atoms with Crippen LogP contribution in [0, 0.1) is 19.3 Å². The van der Waals surface area contributed by atoms with Crippen LogP contribution in [0.1, 0.15) is 23.2 Å². The van der Waals surface area contributed by atoms with E-state index >= 15 is 0 Å². The Balaban J connectivity index is 2.93. The van der Waals surface area contributed by atoms with E-state index in [4.69, 9.17) is 11.1 Å². The summed E-state index contributed by atoms with van der Waals surface area (Å²) in [5, 5.41) is 16.1. The molecular weight excluding hydrogens is 240 g/mol. The fourth-order valence-corrected chi connectivity index (χ4v) is 1.92. The van der Waals surface area contributed by atoms with Crippen LogP contribution in [0.5, 0.6) is 0 Å². The number of nitrogens with two attached hydrogens (primary N) is 1. The highest BCUT2D eigenvalue weighted by molar-refractivity contribution is 6.01. The second-order valence-corrected chi connectivity index (χ2v) is 5.10. The Bertz CT molecular complexity index is 455. The van der Waals surface area contributed by atoms with E-state index in [1.54, 1.807) is 0 Å². The van der Waals surface area contributed by atoms with Crippen LogP contribution in [-0.2, 0) is 0 Å². The Hall–Kier alpha value is -1.69. The van der Waals surface area contributed by atoms with Gasteiger partial charge in [0, 0.05) is 13.6 Å². The van der Waals surface area contributed by atoms with Gasteiger partial charge >= 0.3 is 0 Å². The molecule has 0 unspecified atom stereocenters. The maximum atomic E-state index is 7.73. The van der Waals surface area contributed by atoms with Gasteiger partial charge in [0.25, 0.3) is 0 Å². The average Bonchev–Trinajstić information content (AvgIpc) is 2.31. The Morgan fingerprint density at radius 1 is 1.16 bits per heavy atom. The standard InChI is InChI=1S/C13H24N6/c1-9-10(2)16-17-13(11(9)12(14)15)19(5)8-6-7-18(3)4/h6-8H2,1-5H3,(H3,14,15). The predicted octanol–water partition coefficient (Wildman–Crippen LogP) is 0.765. The molecule has 0 spiro atoms. The summed E-state index contributed by atoms with van der Waals surface area (Å²) in [6.07, 6.45) is 1.02. The summed E-state index contributed by atoms with van der Waals surface area (Å²) in [5.74, 6) is 0.735. The zero-order valence-electron chi connectivity index (χ0n) is 12.5. The number of aryl methyl sites for hydroxylation is 1. The Kier molecular flexibility index (Phi) is 5.23. The first kappa shape index (κ1) is 15.4. The molecule has 1 heterocycles. The molecule has 1 rings (SSSR count). The molecule has 6 nitrogen and oxygen atoms in total. The molecule has 0 fully saturated rings. The molecule has 106 valence electrons. The summed E-state index contributed by atoms with van der Waals surface area (Å²) >= 11 is 0. The molecule has 0 amide bonds. The minimum Gasteiger partial charge on any atom is -0.384 e. The number of hydrogen-bond donors (Lipinski definition) is 2. The lowest BCUT2D eigenvalue weighted by atomic mass is 10.1. The van der Waals surface area contributed by atoms with Crippen molar-refractivity contribution in [3.05, 3.63) is 16.8 Å². The van der Waals surface area contributed by atoms with Crippen LogP contribution >= 0.6 is 0 Å². The Labute approximate surface area is 115 Å². The summed E-state index contributed by atoms with van der Waals surface area (Å²) in [4.78, 5) is 4.16. The fourth-order valence-electron chi connectivity index (χ4n) is 1.92. The molecule has 0 saturated carbocycles. The number of hydrogen-bond acceptors (Lipinski definition) is 5. The molecule has 19 heavy (non-hydrogen) atoms. The monoisotopic (exact) mass is 264 g/mol. The predicted molar refractivity (Wildman–Crippen MR) is 79.0 cm³/mol. The minimum absolute atomic E-state index is 0.0463. The number of nitrogens with one attached hydrogen (secondary N) is 1. The van der Waals surface area contributed by atoms with E-state index in [1.807, 2.05) is 25.8 Å². The first-order valence-electron chi connectivity index (χ1n) is 6.38. The smallest absolute Gasteiger partial charge is 0.162 e. The molecule has 0 aliphatic rings. The van der Waals surface area contributed by atoms with E-state index in [-0.39, 0.29) is 5.84 Å². The summed E-state index contributed by atoms with van der Waals surface area (Å²) in [6.45, 7) is 5.68. The summed E-state index contributed by atoms with van der Waals surface area (Å²) in [6, 6.07) is 0. The van der Waals surface area contributed by atoms with Crippen molar-refractivity contribution < 1.29 is 0 Å². The largest absolute Gasteiger partial charge is 0.384 e. The summed E-state index contributed by atoms with van der Waals surface area (Å²) < 4.78 is 0. The van der Waals surface area contributed by atoms with Crippen LogP contribution in [0.15, 0.2) is 0 Å². The molecule has 1 aromatic rings. The number of rotatable bonds is 6. The van der Waals surface area contributed by atoms with E-state index in [9.17, 15) is 0 Å². The SMILES string of the molecule is Cc1nnc(N(C)CCCN(C)C)c(C(=N)N)c1C. The topological polar surface area (TPSA) is 82.1 Å². The number of nitrogens with zero attached hydrogens (tertiary/aromatic N) is 4. The summed E-state index contributed by atoms with van der Waals surface area (Å²) in [7, 11) is 6.06. The van der Waals surface area contributed by atoms with Crippen LogP contribution in [0.25, 0.3) is 0 Å². The maximum absolute atomic E-state index is 7.73. The third-order valence-electron chi connectivity index (χ3n) is 3.17. The van der Waals surface area contributed by atoms with Gasteiger partial charge in [0.1, 0.15) is 5.84 Å². The van der Waals surface area contributed by atoms with Gasteiger partial charge in [0.2, 0.25) is 0 Å². The normalized spacial score (nSPS) is 10.8. The fraction of sp³-hybridized carbons (Fsp3) is 0.615. The van der Waals surface area contributed by atoms with Gasteiger partial charge in [-0.25, -0.2) is 0 Å². The second-order valence-electron chi connectivity index (χ2n) is 5.10. The van der Waals surface area contributed by atoms with Crippen molar-refractivity contribution in [1.29, 1.82) is 5.41 Å². The molecule has 1 aromatic heterocycles. The molecule has 0 saturated heterocycles. The molecule has 3 N–H and O–H groups in total. The van der Waals surface area contributed by atoms with E-state index in [0.717, 1.165) is 30.8 Å². The van der Waals surface area contributed by atoms with Crippen molar-refractivity contribution >= 4 is 11.7 Å². The zero-order chi connectivity index (χ0) is 14.6. The zero-order valence-corrected chi connectivity index (χ0v) is 12.5. The highest BCUT2D eigenvalue weighted by atomic mass is 15.3. The van der Waals surface area contributed by atoms with Gasteiger partial charge in [-0.2, -0.15) is 5.10 Å². The molecular formula is C13H24N6. The van der Waals surface area contributed by atoms with Gasteiger partial charge in [-0.3, -0.25) is 5.41 Å². The van der Waals surface area contributed by atoms with Gasteiger partial charge in [-0.15, -0.1) is 5.10 Å². The maximum Gasteiger partial charge on any atom is 0.162 e. The Morgan fingerprint density at radius 2 is 1.79 bits per heavy atom. The highest BCUT2D eigenvalue weighted by Crippen LogP contribution is 2.20. The first-order chi connectivity index (χ1) is 8.84. The molecule has 6 heteroatoms. The number of anilines is 1. The van der Waals surface area contributed by atoms with Crippen molar-refractivity contribution in [2.45, 2.75) is 20.3 Å². The van der Waals surface area contributed by atoms with Crippen molar-refractivity contribution in [1.82, 2.24) is 15.1 Å². The first-order valence-corrected chi connectivity index (χ1v) is 6.38. The van der Waals surface area contributed by atoms with Crippen LogP contribution in [0.2, 0.25) is 0 Å². The van der Waals surface area contributed by atoms with Crippen molar-refractivity contribution in [3.63, 3.8) is 0 Å². The van der Waals surface area contributed by atoms with Crippen LogP contribution in [0.4, 0.5) is 5.82 Å². The number of amidine groups is 1. The van der Waals surface area contributed by atoms with Crippen molar-refractivity contribution in [2.75, 3.05) is 39.1 Å². The lowest BCUT2D eigenvalue weighted by Gasteiger charge is -2.22. The Morgan fingerprint density at radius 3 is 2.32 bits per heavy atom. The van der Waals surface area contributed by atoms with Crippen molar-refractivity contribution in [3.8, 4) is 0 Å². The number of aromatic nitrogens is 2. The lowest BCUT2D eigenvalue weighted by molar-refractivity contribution is 0.401. The minimum atomic E-state index is 0.0463. The lowest BCUT2D eigenvalue weighted by Crippen LogP contribution is -2.28. The summed E-state index contributed by atoms with van der Waals surface area (Å²) in [5.41, 5.74) is 8.12. The van der Waals surface area contributed by atoms with E-state index < -0.39 is 0 Å². The van der Waals surface area contributed by atoms with Crippen molar-refractivity contribution in [2.24, 2.45) is 5.73 Å². The van der Waals surface area contributed by atoms with E-state index in [0.29, 0.717) is 11.4 Å². The van der Waals surface area contributed by atoms with Crippen LogP contribution < -0.4 is 10.6 Å². The van der Waals surface area contributed by atoms with Crippen LogP contribution in [-0.4, -0.2) is 55.2 Å². The van der Waals surface area contributed by atoms with E-state index in [2.05, 4.69) is 29.2 Å². The van der Waals surface area contributed by atoms with Crippen LogP contribution in [0.3, 0.4) is 0 Å². The van der Waals surface area contributed by atoms with E-state index in [1.165, 1.54) is 0 Å². The molecule has 0 aliphatic heterocycles. The quantitative estimate of drug-likeness (QED) is 0.585. The van der Waals surface area contributed by atoms with Gasteiger partial charge in [0.05, 0.1) is 11.3 Å². The number of nitrogen functional groups attached to an aromatic ring is 1. The third-order valence-corrected chi connectivity index (χ3v) is 3.17. The third kappa shape index (κ3) is 3.89. The second kappa shape index (κ2) is 6.47. The molecule has 0 atom stereocenters. The molecule has 0 radical (unpaired) electrons. The van der Waals surface area contributed by atoms with Gasteiger partial charge in [-0.1, -0.05) is 0 Å². The van der Waals surface area contributed by atoms with Gasteiger partial charge in [0.15, 0.2) is 5.82 Å². The van der Waals surface area contributed by atoms with Gasteiger partial charge < -0.3 is 15.5 Å².